The first-order valence-electron chi connectivity index (χ1n) is 6.37. The first-order valence-corrected chi connectivity index (χ1v) is 6.37. The maximum absolute atomic E-state index is 12.2. The molecule has 0 aliphatic carbocycles. The van der Waals surface area contributed by atoms with Gasteiger partial charge in [0.2, 0.25) is 0 Å². The van der Waals surface area contributed by atoms with E-state index in [2.05, 4.69) is 10.3 Å². The van der Waals surface area contributed by atoms with Gasteiger partial charge < -0.3 is 15.0 Å². The zero-order chi connectivity index (χ0) is 14.7. The smallest absolute Gasteiger partial charge is 0.339 e. The fraction of sp³-hybridized carbons (Fsp3) is 0.571. The van der Waals surface area contributed by atoms with Gasteiger partial charge in [-0.2, -0.15) is 0 Å². The summed E-state index contributed by atoms with van der Waals surface area (Å²) in [5.74, 6) is -0.278. The second kappa shape index (κ2) is 5.91. The quantitative estimate of drug-likeness (QED) is 0.821. The number of hydrogen-bond donors (Lipinski definition) is 2. The van der Waals surface area contributed by atoms with Gasteiger partial charge in [0.25, 0.3) is 5.91 Å². The summed E-state index contributed by atoms with van der Waals surface area (Å²) < 4.78 is 4.72. The summed E-state index contributed by atoms with van der Waals surface area (Å²) in [7, 11) is 1.33. The molecule has 1 rings (SSSR count). The predicted octanol–water partition coefficient (Wildman–Crippen LogP) is 2.19. The Morgan fingerprint density at radius 2 is 1.79 bits per heavy atom. The zero-order valence-corrected chi connectivity index (χ0v) is 12.4. The molecule has 5 heteroatoms. The summed E-state index contributed by atoms with van der Waals surface area (Å²) in [5, 5.41) is 2.91. The van der Waals surface area contributed by atoms with Crippen LogP contribution < -0.4 is 5.32 Å². The van der Waals surface area contributed by atoms with Gasteiger partial charge in [0.15, 0.2) is 0 Å². The van der Waals surface area contributed by atoms with Crippen LogP contribution in [0.25, 0.3) is 0 Å². The highest BCUT2D eigenvalue weighted by atomic mass is 16.5. The molecule has 0 aliphatic rings. The molecule has 1 unspecified atom stereocenters. The van der Waals surface area contributed by atoms with Crippen LogP contribution in [0.4, 0.5) is 0 Å². The molecule has 2 N–H and O–H groups in total. The number of aromatic nitrogens is 1. The van der Waals surface area contributed by atoms with E-state index >= 15 is 0 Å². The lowest BCUT2D eigenvalue weighted by atomic mass is 10.1. The molecule has 0 spiro atoms. The summed E-state index contributed by atoms with van der Waals surface area (Å²) in [5.41, 5.74) is 2.12. The summed E-state index contributed by atoms with van der Waals surface area (Å²) in [6, 6.07) is 0.0667. The number of aryl methyl sites for hydroxylation is 1. The van der Waals surface area contributed by atoms with Gasteiger partial charge in [-0.3, -0.25) is 4.79 Å². The molecule has 1 atom stereocenters. The molecule has 1 aromatic heterocycles. The van der Waals surface area contributed by atoms with E-state index in [1.165, 1.54) is 7.11 Å². The highest BCUT2D eigenvalue weighted by Crippen LogP contribution is 2.19. The molecule has 1 heterocycles. The largest absolute Gasteiger partial charge is 0.465 e. The van der Waals surface area contributed by atoms with E-state index in [-0.39, 0.29) is 11.9 Å². The van der Waals surface area contributed by atoms with Crippen molar-refractivity contribution in [1.82, 2.24) is 10.3 Å². The van der Waals surface area contributed by atoms with Crippen LogP contribution >= 0.6 is 0 Å². The minimum Gasteiger partial charge on any atom is -0.465 e. The topological polar surface area (TPSA) is 71.2 Å². The van der Waals surface area contributed by atoms with Crippen LogP contribution in [0.3, 0.4) is 0 Å². The van der Waals surface area contributed by atoms with E-state index in [0.29, 0.717) is 28.4 Å². The van der Waals surface area contributed by atoms with E-state index in [9.17, 15) is 9.59 Å². The molecule has 1 aromatic rings. The second-order valence-electron chi connectivity index (χ2n) is 5.12. The van der Waals surface area contributed by atoms with Gasteiger partial charge in [-0.1, -0.05) is 13.8 Å². The van der Waals surface area contributed by atoms with Crippen molar-refractivity contribution in [2.75, 3.05) is 7.11 Å². The fourth-order valence-electron chi connectivity index (χ4n) is 1.83. The number of aromatic amines is 1. The van der Waals surface area contributed by atoms with Gasteiger partial charge in [-0.15, -0.1) is 0 Å². The highest BCUT2D eigenvalue weighted by Gasteiger charge is 2.23. The molecule has 0 aromatic carbocycles. The van der Waals surface area contributed by atoms with Gasteiger partial charge in [-0.05, 0) is 32.3 Å². The van der Waals surface area contributed by atoms with Gasteiger partial charge in [-0.25, -0.2) is 4.79 Å². The number of H-pyrrole nitrogens is 1. The number of carbonyl (C=O) groups is 2. The predicted molar refractivity (Wildman–Crippen MR) is 73.4 cm³/mol. The van der Waals surface area contributed by atoms with Crippen LogP contribution in [0.1, 0.15) is 52.9 Å². The molecular formula is C14H22N2O3. The third-order valence-corrected chi connectivity index (χ3v) is 3.41. The van der Waals surface area contributed by atoms with Gasteiger partial charge >= 0.3 is 5.97 Å². The standard InChI is InChI=1S/C14H22N2O3/c1-7(2)9(4)16-13(17)12-8(3)11(10(5)15-12)14(18)19-6/h7,9,15H,1-6H3,(H,16,17). The van der Waals surface area contributed by atoms with Crippen molar-refractivity contribution in [1.29, 1.82) is 0 Å². The number of rotatable bonds is 4. The molecule has 19 heavy (non-hydrogen) atoms. The molecule has 1 amide bonds. The van der Waals surface area contributed by atoms with Crippen LogP contribution in [-0.4, -0.2) is 30.0 Å². The monoisotopic (exact) mass is 266 g/mol. The second-order valence-corrected chi connectivity index (χ2v) is 5.12. The molecule has 0 bridgehead atoms. The first kappa shape index (κ1) is 15.3. The summed E-state index contributed by atoms with van der Waals surface area (Å²) >= 11 is 0. The van der Waals surface area contributed by atoms with Crippen molar-refractivity contribution in [2.45, 2.75) is 40.7 Å². The SMILES string of the molecule is COC(=O)c1c(C)[nH]c(C(=O)NC(C)C(C)C)c1C. The summed E-state index contributed by atoms with van der Waals surface area (Å²) in [6.45, 7) is 9.52. The molecule has 106 valence electrons. The minimum absolute atomic E-state index is 0.0667. The van der Waals surface area contributed by atoms with E-state index in [4.69, 9.17) is 4.74 Å². The van der Waals surface area contributed by atoms with Gasteiger partial charge in [0.05, 0.1) is 12.7 Å². The molecule has 0 fully saturated rings. The van der Waals surface area contributed by atoms with Crippen molar-refractivity contribution in [3.63, 3.8) is 0 Å². The number of hydrogen-bond acceptors (Lipinski definition) is 3. The maximum Gasteiger partial charge on any atom is 0.339 e. The van der Waals surface area contributed by atoms with E-state index in [1.807, 2.05) is 20.8 Å². The summed E-state index contributed by atoms with van der Waals surface area (Å²) in [4.78, 5) is 26.8. The lowest BCUT2D eigenvalue weighted by molar-refractivity contribution is 0.0599. The van der Waals surface area contributed by atoms with Crippen LogP contribution in [0.2, 0.25) is 0 Å². The Morgan fingerprint density at radius 3 is 2.26 bits per heavy atom. The van der Waals surface area contributed by atoms with Crippen molar-refractivity contribution in [3.8, 4) is 0 Å². The average molecular weight is 266 g/mol. The first-order chi connectivity index (χ1) is 8.79. The Balaban J connectivity index is 3.03. The third-order valence-electron chi connectivity index (χ3n) is 3.41. The number of esters is 1. The lowest BCUT2D eigenvalue weighted by Gasteiger charge is -2.17. The number of ether oxygens (including phenoxy) is 1. The number of amides is 1. The minimum atomic E-state index is -0.429. The zero-order valence-electron chi connectivity index (χ0n) is 12.4. The van der Waals surface area contributed by atoms with Crippen molar-refractivity contribution in [3.05, 3.63) is 22.5 Å². The van der Waals surface area contributed by atoms with E-state index in [0.717, 1.165) is 0 Å². The van der Waals surface area contributed by atoms with Crippen LogP contribution in [0.15, 0.2) is 0 Å². The van der Waals surface area contributed by atoms with Gasteiger partial charge in [0.1, 0.15) is 5.69 Å². The van der Waals surface area contributed by atoms with Crippen LogP contribution in [0, 0.1) is 19.8 Å². The molecule has 0 saturated heterocycles. The Kier molecular flexibility index (Phi) is 4.75. The van der Waals surface area contributed by atoms with E-state index in [1.54, 1.807) is 13.8 Å². The van der Waals surface area contributed by atoms with Crippen LogP contribution in [-0.2, 0) is 4.74 Å². The number of carbonyl (C=O) groups excluding carboxylic acids is 2. The highest BCUT2D eigenvalue weighted by molar-refractivity contribution is 6.00. The van der Waals surface area contributed by atoms with Crippen molar-refractivity contribution < 1.29 is 14.3 Å². The Bertz CT molecular complexity index is 489. The Hall–Kier alpha value is -1.78. The third kappa shape index (κ3) is 3.16. The molecule has 0 aliphatic heterocycles. The lowest BCUT2D eigenvalue weighted by Crippen LogP contribution is -2.36. The summed E-state index contributed by atoms with van der Waals surface area (Å²) in [6.07, 6.45) is 0. The average Bonchev–Trinajstić information content (AvgIpc) is 2.63. The van der Waals surface area contributed by atoms with Gasteiger partial charge in [0, 0.05) is 11.7 Å². The fourth-order valence-corrected chi connectivity index (χ4v) is 1.83. The van der Waals surface area contributed by atoms with Crippen molar-refractivity contribution in [2.24, 2.45) is 5.92 Å². The van der Waals surface area contributed by atoms with Crippen molar-refractivity contribution >= 4 is 11.9 Å². The molecule has 0 saturated carbocycles. The molecule has 5 nitrogen and oxygen atoms in total. The molecule has 0 radical (unpaired) electrons. The number of methoxy groups -OCH3 is 1. The molecular weight excluding hydrogens is 244 g/mol. The van der Waals surface area contributed by atoms with E-state index < -0.39 is 5.97 Å². The Morgan fingerprint density at radius 1 is 1.21 bits per heavy atom. The van der Waals surface area contributed by atoms with Crippen LogP contribution in [0.5, 0.6) is 0 Å². The number of nitrogens with one attached hydrogen (secondary N) is 2. The maximum atomic E-state index is 12.2. The Labute approximate surface area is 113 Å². The normalized spacial score (nSPS) is 12.4.